The Balaban J connectivity index is 1.44. The third-order valence-electron chi connectivity index (χ3n) is 6.52. The van der Waals surface area contributed by atoms with Crippen molar-refractivity contribution in [1.82, 2.24) is 19.5 Å². The molecule has 2 aliphatic rings. The molecule has 1 aliphatic heterocycles. The topological polar surface area (TPSA) is 50.5 Å². The minimum atomic E-state index is 0.310. The van der Waals surface area contributed by atoms with E-state index in [1.807, 2.05) is 24.4 Å². The Morgan fingerprint density at radius 3 is 2.73 bits per heavy atom. The highest BCUT2D eigenvalue weighted by Crippen LogP contribution is 2.36. The lowest BCUT2D eigenvalue weighted by Crippen LogP contribution is -2.44. The molecule has 0 bridgehead atoms. The Labute approximate surface area is 155 Å². The number of aryl methyl sites for hydroxylation is 3. The average Bonchev–Trinajstić information content (AvgIpc) is 3.01. The van der Waals surface area contributed by atoms with Gasteiger partial charge in [-0.1, -0.05) is 19.3 Å². The molecule has 0 aromatic carbocycles. The molecule has 4 rings (SSSR count). The summed E-state index contributed by atoms with van der Waals surface area (Å²) in [5.41, 5.74) is 5.17. The van der Waals surface area contributed by atoms with Gasteiger partial charge in [0.1, 0.15) is 0 Å². The first kappa shape index (κ1) is 17.5. The number of aromatic nitrogens is 3. The molecule has 1 saturated carbocycles. The van der Waals surface area contributed by atoms with Crippen LogP contribution in [0.25, 0.3) is 5.65 Å². The van der Waals surface area contributed by atoms with Crippen LogP contribution in [0.2, 0.25) is 0 Å². The molecule has 1 aliphatic carbocycles. The van der Waals surface area contributed by atoms with E-state index >= 15 is 0 Å². The maximum Gasteiger partial charge on any atom is 0.222 e. The first-order valence-electron chi connectivity index (χ1n) is 10.1. The zero-order chi connectivity index (χ0) is 18.3. The Kier molecular flexibility index (Phi) is 4.72. The van der Waals surface area contributed by atoms with Crippen LogP contribution in [0.1, 0.15) is 61.2 Å². The fourth-order valence-corrected chi connectivity index (χ4v) is 5.02. The number of carbonyl (C=O) groups is 1. The predicted molar refractivity (Wildman–Crippen MR) is 102 cm³/mol. The van der Waals surface area contributed by atoms with Gasteiger partial charge in [-0.2, -0.15) is 5.10 Å². The second-order valence-corrected chi connectivity index (χ2v) is 8.25. The van der Waals surface area contributed by atoms with E-state index in [2.05, 4.69) is 21.9 Å². The Morgan fingerprint density at radius 1 is 1.15 bits per heavy atom. The van der Waals surface area contributed by atoms with Crippen LogP contribution in [0.4, 0.5) is 0 Å². The quantitative estimate of drug-likeness (QED) is 0.846. The molecular weight excluding hydrogens is 324 g/mol. The Hall–Kier alpha value is -1.91. The van der Waals surface area contributed by atoms with Crippen LogP contribution in [-0.2, 0) is 11.2 Å². The standard InChI is InChI=1S/C21H30N4O/c1-14-12-20-22-15(2)19(16(3)25(20)23-14)8-9-21(26)24-11-10-17-6-4-5-7-18(17)13-24/h12,17-18H,4-11,13H2,1-3H3/t17-,18+/m1/s1. The summed E-state index contributed by atoms with van der Waals surface area (Å²) in [6.45, 7) is 8.05. The van der Waals surface area contributed by atoms with Gasteiger partial charge in [0, 0.05) is 37.0 Å². The van der Waals surface area contributed by atoms with Gasteiger partial charge in [0.15, 0.2) is 5.65 Å². The summed E-state index contributed by atoms with van der Waals surface area (Å²) in [7, 11) is 0. The maximum absolute atomic E-state index is 12.8. The summed E-state index contributed by atoms with van der Waals surface area (Å²) in [5, 5.41) is 4.54. The number of carbonyl (C=O) groups excluding carboxylic acids is 1. The first-order chi connectivity index (χ1) is 12.5. The number of fused-ring (bicyclic) bond motifs is 2. The number of piperidine rings is 1. The third kappa shape index (κ3) is 3.24. The van der Waals surface area contributed by atoms with Gasteiger partial charge in [-0.25, -0.2) is 9.50 Å². The molecule has 3 heterocycles. The van der Waals surface area contributed by atoms with Gasteiger partial charge < -0.3 is 4.90 Å². The zero-order valence-corrected chi connectivity index (χ0v) is 16.3. The Bertz CT molecular complexity index is 825. The summed E-state index contributed by atoms with van der Waals surface area (Å²) in [6, 6.07) is 2.00. The van der Waals surface area contributed by atoms with Crippen LogP contribution in [0, 0.1) is 32.6 Å². The highest BCUT2D eigenvalue weighted by atomic mass is 16.2. The second-order valence-electron chi connectivity index (χ2n) is 8.25. The van der Waals surface area contributed by atoms with Crippen LogP contribution >= 0.6 is 0 Å². The van der Waals surface area contributed by atoms with Crippen LogP contribution in [-0.4, -0.2) is 38.5 Å². The molecule has 5 heteroatoms. The van der Waals surface area contributed by atoms with Gasteiger partial charge in [-0.3, -0.25) is 4.79 Å². The highest BCUT2D eigenvalue weighted by molar-refractivity contribution is 5.76. The number of likely N-dealkylation sites (tertiary alicyclic amines) is 1. The molecule has 0 radical (unpaired) electrons. The second kappa shape index (κ2) is 7.01. The molecule has 0 N–H and O–H groups in total. The number of hydrogen-bond donors (Lipinski definition) is 0. The van der Waals surface area contributed by atoms with Crippen LogP contribution in [0.15, 0.2) is 6.07 Å². The van der Waals surface area contributed by atoms with E-state index in [9.17, 15) is 4.79 Å². The fraction of sp³-hybridized carbons (Fsp3) is 0.667. The molecule has 0 unspecified atom stereocenters. The van der Waals surface area contributed by atoms with E-state index in [4.69, 9.17) is 0 Å². The Morgan fingerprint density at radius 2 is 1.92 bits per heavy atom. The molecule has 2 aromatic rings. The predicted octanol–water partition coefficient (Wildman–Crippen LogP) is 3.63. The van der Waals surface area contributed by atoms with Crippen LogP contribution in [0.3, 0.4) is 0 Å². The number of rotatable bonds is 3. The molecule has 2 atom stereocenters. The largest absolute Gasteiger partial charge is 0.342 e. The van der Waals surface area contributed by atoms with Gasteiger partial charge in [-0.15, -0.1) is 0 Å². The van der Waals surface area contributed by atoms with E-state index in [0.29, 0.717) is 12.3 Å². The zero-order valence-electron chi connectivity index (χ0n) is 16.3. The van der Waals surface area contributed by atoms with Crippen molar-refractivity contribution in [2.45, 2.75) is 65.7 Å². The summed E-state index contributed by atoms with van der Waals surface area (Å²) in [4.78, 5) is 19.6. The SMILES string of the molecule is Cc1cc2nc(C)c(CCC(=O)N3CC[C@H]4CCCC[C@H]4C3)c(C)n2n1. The molecule has 1 amide bonds. The van der Waals surface area contributed by atoms with Crippen LogP contribution < -0.4 is 0 Å². The van der Waals surface area contributed by atoms with E-state index in [0.717, 1.165) is 54.1 Å². The highest BCUT2D eigenvalue weighted by Gasteiger charge is 2.32. The molecular formula is C21H30N4O. The number of hydrogen-bond acceptors (Lipinski definition) is 3. The molecule has 5 nitrogen and oxygen atoms in total. The lowest BCUT2D eigenvalue weighted by molar-refractivity contribution is -0.134. The van der Waals surface area contributed by atoms with E-state index in [1.165, 1.54) is 37.7 Å². The van der Waals surface area contributed by atoms with Crippen molar-refractivity contribution in [3.8, 4) is 0 Å². The van der Waals surface area contributed by atoms with Gasteiger partial charge in [0.05, 0.1) is 5.69 Å². The first-order valence-corrected chi connectivity index (χ1v) is 10.1. The van der Waals surface area contributed by atoms with E-state index in [1.54, 1.807) is 0 Å². The molecule has 140 valence electrons. The summed E-state index contributed by atoms with van der Waals surface area (Å²) in [5.74, 6) is 1.92. The van der Waals surface area contributed by atoms with Crippen LogP contribution in [0.5, 0.6) is 0 Å². The van der Waals surface area contributed by atoms with Gasteiger partial charge in [-0.05, 0) is 57.4 Å². The minimum Gasteiger partial charge on any atom is -0.342 e. The normalized spacial score (nSPS) is 23.3. The van der Waals surface area contributed by atoms with Crippen molar-refractivity contribution in [3.63, 3.8) is 0 Å². The van der Waals surface area contributed by atoms with Gasteiger partial charge in [0.2, 0.25) is 5.91 Å². The van der Waals surface area contributed by atoms with Crippen molar-refractivity contribution in [2.24, 2.45) is 11.8 Å². The van der Waals surface area contributed by atoms with Crippen molar-refractivity contribution in [3.05, 3.63) is 28.7 Å². The molecule has 0 spiro atoms. The van der Waals surface area contributed by atoms with Gasteiger partial charge in [0.25, 0.3) is 0 Å². The summed E-state index contributed by atoms with van der Waals surface area (Å²) in [6.07, 6.45) is 7.95. The van der Waals surface area contributed by atoms with E-state index in [-0.39, 0.29) is 0 Å². The molecule has 26 heavy (non-hydrogen) atoms. The van der Waals surface area contributed by atoms with Crippen molar-refractivity contribution < 1.29 is 4.79 Å². The number of amides is 1. The molecule has 2 aromatic heterocycles. The van der Waals surface area contributed by atoms with Gasteiger partial charge >= 0.3 is 0 Å². The summed E-state index contributed by atoms with van der Waals surface area (Å²) >= 11 is 0. The lowest BCUT2D eigenvalue weighted by atomic mass is 9.75. The molecule has 2 fully saturated rings. The lowest BCUT2D eigenvalue weighted by Gasteiger charge is -2.41. The third-order valence-corrected chi connectivity index (χ3v) is 6.52. The maximum atomic E-state index is 12.8. The fourth-order valence-electron chi connectivity index (χ4n) is 5.02. The monoisotopic (exact) mass is 354 g/mol. The molecule has 1 saturated heterocycles. The summed E-state index contributed by atoms with van der Waals surface area (Å²) < 4.78 is 1.91. The minimum absolute atomic E-state index is 0.310. The van der Waals surface area contributed by atoms with Crippen molar-refractivity contribution in [2.75, 3.05) is 13.1 Å². The van der Waals surface area contributed by atoms with Crippen molar-refractivity contribution >= 4 is 11.6 Å². The smallest absolute Gasteiger partial charge is 0.222 e. The average molecular weight is 354 g/mol. The number of nitrogens with zero attached hydrogens (tertiary/aromatic N) is 4. The van der Waals surface area contributed by atoms with Crippen molar-refractivity contribution in [1.29, 1.82) is 0 Å². The van der Waals surface area contributed by atoms with E-state index < -0.39 is 0 Å².